The smallest absolute Gasteiger partial charge is 0.251 e. The van der Waals surface area contributed by atoms with Crippen LogP contribution in [0, 0.1) is 0 Å². The second-order valence-electron chi connectivity index (χ2n) is 4.27. The Balaban J connectivity index is 1.98. The SMILES string of the molecule is CC(C)N1CC(n2cc(C(N)=O)cn2)C1. The fourth-order valence-corrected chi connectivity index (χ4v) is 1.74. The summed E-state index contributed by atoms with van der Waals surface area (Å²) in [5.41, 5.74) is 5.64. The molecule has 0 aromatic carbocycles. The van der Waals surface area contributed by atoms with Crippen molar-refractivity contribution < 1.29 is 4.79 Å². The van der Waals surface area contributed by atoms with Gasteiger partial charge in [-0.3, -0.25) is 14.4 Å². The highest BCUT2D eigenvalue weighted by molar-refractivity contribution is 5.92. The van der Waals surface area contributed by atoms with Crippen LogP contribution in [0.5, 0.6) is 0 Å². The van der Waals surface area contributed by atoms with E-state index in [2.05, 4.69) is 23.8 Å². The molecule has 82 valence electrons. The molecule has 0 aliphatic carbocycles. The van der Waals surface area contributed by atoms with E-state index >= 15 is 0 Å². The summed E-state index contributed by atoms with van der Waals surface area (Å²) in [4.78, 5) is 13.2. The van der Waals surface area contributed by atoms with Gasteiger partial charge in [0, 0.05) is 25.3 Å². The van der Waals surface area contributed by atoms with Gasteiger partial charge < -0.3 is 5.73 Å². The van der Waals surface area contributed by atoms with Gasteiger partial charge in [-0.15, -0.1) is 0 Å². The Kier molecular flexibility index (Phi) is 2.48. The van der Waals surface area contributed by atoms with Crippen molar-refractivity contribution in [1.29, 1.82) is 0 Å². The van der Waals surface area contributed by atoms with Crippen LogP contribution in [0.15, 0.2) is 12.4 Å². The highest BCUT2D eigenvalue weighted by atomic mass is 16.1. The number of primary amides is 1. The van der Waals surface area contributed by atoms with Crippen LogP contribution in [0.3, 0.4) is 0 Å². The molecule has 2 rings (SSSR count). The van der Waals surface area contributed by atoms with Crippen molar-refractivity contribution >= 4 is 5.91 Å². The normalized spacial score (nSPS) is 18.1. The number of carbonyl (C=O) groups is 1. The molecule has 1 aromatic heterocycles. The standard InChI is InChI=1S/C10H16N4O/c1-7(2)13-5-9(6-13)14-4-8(3-12-14)10(11)15/h3-4,7,9H,5-6H2,1-2H3,(H2,11,15). The van der Waals surface area contributed by atoms with Crippen LogP contribution in [0.1, 0.15) is 30.2 Å². The number of nitrogens with zero attached hydrogens (tertiary/aromatic N) is 3. The van der Waals surface area contributed by atoms with E-state index < -0.39 is 5.91 Å². The molecule has 1 amide bonds. The van der Waals surface area contributed by atoms with E-state index in [1.165, 1.54) is 6.20 Å². The number of amides is 1. The first kappa shape index (κ1) is 10.2. The summed E-state index contributed by atoms with van der Waals surface area (Å²) in [6, 6.07) is 0.966. The Bertz CT molecular complexity index is 365. The topological polar surface area (TPSA) is 64.2 Å². The molecule has 0 atom stereocenters. The zero-order valence-electron chi connectivity index (χ0n) is 9.05. The van der Waals surface area contributed by atoms with Crippen molar-refractivity contribution in [1.82, 2.24) is 14.7 Å². The van der Waals surface area contributed by atoms with Crippen LogP contribution in [-0.4, -0.2) is 39.7 Å². The molecule has 2 heterocycles. The van der Waals surface area contributed by atoms with Gasteiger partial charge in [-0.1, -0.05) is 0 Å². The zero-order valence-corrected chi connectivity index (χ0v) is 9.05. The summed E-state index contributed by atoms with van der Waals surface area (Å²) in [5, 5.41) is 4.14. The number of hydrogen-bond donors (Lipinski definition) is 1. The minimum absolute atomic E-state index is 0.389. The van der Waals surface area contributed by atoms with Gasteiger partial charge in [-0.05, 0) is 13.8 Å². The van der Waals surface area contributed by atoms with Crippen molar-refractivity contribution in [2.24, 2.45) is 5.73 Å². The lowest BCUT2D eigenvalue weighted by Crippen LogP contribution is -2.51. The van der Waals surface area contributed by atoms with E-state index in [9.17, 15) is 4.79 Å². The summed E-state index contributed by atoms with van der Waals surface area (Å²) < 4.78 is 1.83. The first-order chi connectivity index (χ1) is 7.08. The van der Waals surface area contributed by atoms with Crippen molar-refractivity contribution in [3.05, 3.63) is 18.0 Å². The van der Waals surface area contributed by atoms with E-state index in [0.717, 1.165) is 13.1 Å². The lowest BCUT2D eigenvalue weighted by atomic mass is 10.1. The second-order valence-corrected chi connectivity index (χ2v) is 4.27. The predicted octanol–water partition coefficient (Wildman–Crippen LogP) is 0.247. The van der Waals surface area contributed by atoms with E-state index in [-0.39, 0.29) is 0 Å². The lowest BCUT2D eigenvalue weighted by Gasteiger charge is -2.41. The maximum Gasteiger partial charge on any atom is 0.251 e. The maximum absolute atomic E-state index is 10.9. The number of aromatic nitrogens is 2. The number of rotatable bonds is 3. The molecular formula is C10H16N4O. The van der Waals surface area contributed by atoms with Crippen molar-refractivity contribution in [3.63, 3.8) is 0 Å². The highest BCUT2D eigenvalue weighted by Gasteiger charge is 2.30. The molecule has 1 aliphatic rings. The van der Waals surface area contributed by atoms with Gasteiger partial charge in [-0.2, -0.15) is 5.10 Å². The fraction of sp³-hybridized carbons (Fsp3) is 0.600. The molecule has 0 spiro atoms. The third-order valence-corrected chi connectivity index (χ3v) is 2.88. The van der Waals surface area contributed by atoms with Crippen molar-refractivity contribution in [3.8, 4) is 0 Å². The zero-order chi connectivity index (χ0) is 11.0. The summed E-state index contributed by atoms with van der Waals surface area (Å²) in [7, 11) is 0. The minimum Gasteiger partial charge on any atom is -0.366 e. The maximum atomic E-state index is 10.9. The first-order valence-electron chi connectivity index (χ1n) is 5.16. The number of likely N-dealkylation sites (tertiary alicyclic amines) is 1. The molecule has 5 heteroatoms. The van der Waals surface area contributed by atoms with Crippen LogP contribution in [0.4, 0.5) is 0 Å². The molecule has 0 radical (unpaired) electrons. The van der Waals surface area contributed by atoms with Gasteiger partial charge in [0.25, 0.3) is 5.91 Å². The van der Waals surface area contributed by atoms with Crippen LogP contribution in [-0.2, 0) is 0 Å². The van der Waals surface area contributed by atoms with Gasteiger partial charge in [-0.25, -0.2) is 0 Å². The van der Waals surface area contributed by atoms with Crippen molar-refractivity contribution in [2.45, 2.75) is 25.9 Å². The third-order valence-electron chi connectivity index (χ3n) is 2.88. The largest absolute Gasteiger partial charge is 0.366 e. The number of nitrogens with two attached hydrogens (primary N) is 1. The average molecular weight is 208 g/mol. The quantitative estimate of drug-likeness (QED) is 0.774. The van der Waals surface area contributed by atoms with E-state index in [0.29, 0.717) is 17.6 Å². The number of hydrogen-bond acceptors (Lipinski definition) is 3. The Morgan fingerprint density at radius 2 is 2.27 bits per heavy atom. The van der Waals surface area contributed by atoms with Crippen LogP contribution in [0.2, 0.25) is 0 Å². The highest BCUT2D eigenvalue weighted by Crippen LogP contribution is 2.22. The van der Waals surface area contributed by atoms with Crippen molar-refractivity contribution in [2.75, 3.05) is 13.1 Å². The molecule has 5 nitrogen and oxygen atoms in total. The average Bonchev–Trinajstić information content (AvgIpc) is 2.49. The Labute approximate surface area is 88.8 Å². The number of carbonyl (C=O) groups excluding carboxylic acids is 1. The van der Waals surface area contributed by atoms with E-state index in [1.54, 1.807) is 6.20 Å². The molecule has 15 heavy (non-hydrogen) atoms. The summed E-state index contributed by atoms with van der Waals surface area (Å²) in [6.07, 6.45) is 3.25. The van der Waals surface area contributed by atoms with E-state index in [4.69, 9.17) is 5.73 Å². The lowest BCUT2D eigenvalue weighted by molar-refractivity contribution is 0.0674. The molecule has 1 fully saturated rings. The third kappa shape index (κ3) is 1.87. The molecule has 0 saturated carbocycles. The van der Waals surface area contributed by atoms with Gasteiger partial charge >= 0.3 is 0 Å². The Morgan fingerprint density at radius 1 is 1.60 bits per heavy atom. The minimum atomic E-state index is -0.415. The summed E-state index contributed by atoms with van der Waals surface area (Å²) in [5.74, 6) is -0.415. The Hall–Kier alpha value is -1.36. The molecular weight excluding hydrogens is 192 g/mol. The molecule has 0 bridgehead atoms. The Morgan fingerprint density at radius 3 is 2.73 bits per heavy atom. The fourth-order valence-electron chi connectivity index (χ4n) is 1.74. The van der Waals surface area contributed by atoms with Gasteiger partial charge in [0.1, 0.15) is 0 Å². The molecule has 2 N–H and O–H groups in total. The van der Waals surface area contributed by atoms with E-state index in [1.807, 2.05) is 4.68 Å². The molecule has 1 saturated heterocycles. The second kappa shape index (κ2) is 3.66. The van der Waals surface area contributed by atoms with Crippen LogP contribution < -0.4 is 5.73 Å². The summed E-state index contributed by atoms with van der Waals surface area (Å²) in [6.45, 7) is 6.34. The molecule has 0 unspecified atom stereocenters. The predicted molar refractivity (Wildman–Crippen MR) is 56.5 cm³/mol. The molecule has 1 aromatic rings. The van der Waals surface area contributed by atoms with Gasteiger partial charge in [0.2, 0.25) is 0 Å². The monoisotopic (exact) mass is 208 g/mol. The van der Waals surface area contributed by atoms with Gasteiger partial charge in [0.15, 0.2) is 0 Å². The van der Waals surface area contributed by atoms with Crippen LogP contribution >= 0.6 is 0 Å². The van der Waals surface area contributed by atoms with Crippen LogP contribution in [0.25, 0.3) is 0 Å². The molecule has 1 aliphatic heterocycles. The first-order valence-corrected chi connectivity index (χ1v) is 5.16. The summed E-state index contributed by atoms with van der Waals surface area (Å²) >= 11 is 0. The van der Waals surface area contributed by atoms with Gasteiger partial charge in [0.05, 0.1) is 17.8 Å².